The SMILES string of the molecule is Cc1cccc2c1CCN2C(=O)Cc1csc(-c2ncn[nH]2)n1. The van der Waals surface area contributed by atoms with E-state index in [0.29, 0.717) is 12.2 Å². The van der Waals surface area contributed by atoms with E-state index in [2.05, 4.69) is 33.2 Å². The molecule has 1 aliphatic rings. The zero-order valence-corrected chi connectivity index (χ0v) is 13.4. The van der Waals surface area contributed by atoms with E-state index in [9.17, 15) is 4.79 Å². The molecule has 1 amide bonds. The van der Waals surface area contributed by atoms with Crippen molar-refractivity contribution in [3.63, 3.8) is 0 Å². The van der Waals surface area contributed by atoms with Gasteiger partial charge in [-0.05, 0) is 30.5 Å². The summed E-state index contributed by atoms with van der Waals surface area (Å²) < 4.78 is 0. The van der Waals surface area contributed by atoms with Crippen LogP contribution in [0.15, 0.2) is 29.9 Å². The van der Waals surface area contributed by atoms with Crippen molar-refractivity contribution < 1.29 is 4.79 Å². The van der Waals surface area contributed by atoms with Crippen molar-refractivity contribution in [3.8, 4) is 10.8 Å². The van der Waals surface area contributed by atoms with E-state index in [0.717, 1.165) is 29.4 Å². The zero-order chi connectivity index (χ0) is 15.8. The van der Waals surface area contributed by atoms with E-state index < -0.39 is 0 Å². The fourth-order valence-electron chi connectivity index (χ4n) is 2.92. The van der Waals surface area contributed by atoms with Gasteiger partial charge >= 0.3 is 0 Å². The summed E-state index contributed by atoms with van der Waals surface area (Å²) in [5, 5.41) is 9.26. The van der Waals surface area contributed by atoms with Crippen molar-refractivity contribution in [3.05, 3.63) is 46.7 Å². The molecule has 2 aromatic heterocycles. The maximum absolute atomic E-state index is 12.6. The molecule has 3 heterocycles. The van der Waals surface area contributed by atoms with Crippen LogP contribution in [0.1, 0.15) is 16.8 Å². The Morgan fingerprint density at radius 3 is 3.17 bits per heavy atom. The highest BCUT2D eigenvalue weighted by Crippen LogP contribution is 2.31. The second kappa shape index (κ2) is 5.58. The number of hydrogen-bond acceptors (Lipinski definition) is 5. The molecule has 4 rings (SSSR count). The molecule has 6 nitrogen and oxygen atoms in total. The van der Waals surface area contributed by atoms with Crippen molar-refractivity contribution in [2.45, 2.75) is 19.8 Å². The largest absolute Gasteiger partial charge is 0.311 e. The topological polar surface area (TPSA) is 74.8 Å². The number of rotatable bonds is 3. The molecule has 0 spiro atoms. The average molecular weight is 325 g/mol. The van der Waals surface area contributed by atoms with Crippen LogP contribution in [0.4, 0.5) is 5.69 Å². The van der Waals surface area contributed by atoms with Gasteiger partial charge in [-0.3, -0.25) is 9.89 Å². The van der Waals surface area contributed by atoms with E-state index in [1.54, 1.807) is 0 Å². The number of aryl methyl sites for hydroxylation is 1. The molecule has 0 fully saturated rings. The maximum atomic E-state index is 12.6. The first-order chi connectivity index (χ1) is 11.2. The number of thiazole rings is 1. The van der Waals surface area contributed by atoms with Crippen LogP contribution in [-0.4, -0.2) is 32.6 Å². The molecule has 3 aromatic rings. The minimum atomic E-state index is 0.0868. The van der Waals surface area contributed by atoms with Crippen molar-refractivity contribution in [1.82, 2.24) is 20.2 Å². The first kappa shape index (κ1) is 14.1. The van der Waals surface area contributed by atoms with Gasteiger partial charge in [-0.2, -0.15) is 5.10 Å². The summed E-state index contributed by atoms with van der Waals surface area (Å²) in [6.07, 6.45) is 2.68. The summed E-state index contributed by atoms with van der Waals surface area (Å²) in [5.41, 5.74) is 4.34. The van der Waals surface area contributed by atoms with Crippen LogP contribution in [0.2, 0.25) is 0 Å². The molecule has 0 atom stereocenters. The van der Waals surface area contributed by atoms with Crippen molar-refractivity contribution in [2.75, 3.05) is 11.4 Å². The van der Waals surface area contributed by atoms with Gasteiger partial charge in [0.05, 0.1) is 12.1 Å². The highest BCUT2D eigenvalue weighted by molar-refractivity contribution is 7.13. The number of nitrogens with one attached hydrogen (secondary N) is 1. The number of nitrogens with zero attached hydrogens (tertiary/aromatic N) is 4. The van der Waals surface area contributed by atoms with Crippen LogP contribution in [0, 0.1) is 6.92 Å². The molecule has 1 aliphatic heterocycles. The number of aromatic amines is 1. The second-order valence-corrected chi connectivity index (χ2v) is 6.38. The van der Waals surface area contributed by atoms with E-state index >= 15 is 0 Å². The van der Waals surface area contributed by atoms with Gasteiger partial charge < -0.3 is 4.90 Å². The molecule has 0 bridgehead atoms. The standard InChI is InChI=1S/C16H15N5OS/c1-10-3-2-4-13-12(10)5-6-21(13)14(22)7-11-8-23-16(19-11)15-17-9-18-20-15/h2-4,8-9H,5-7H2,1H3,(H,17,18,20). The zero-order valence-electron chi connectivity index (χ0n) is 12.6. The third kappa shape index (κ3) is 2.53. The predicted molar refractivity (Wildman–Crippen MR) is 88.4 cm³/mol. The minimum absolute atomic E-state index is 0.0868. The Kier molecular flexibility index (Phi) is 3.42. The molecule has 23 heavy (non-hydrogen) atoms. The lowest BCUT2D eigenvalue weighted by molar-refractivity contribution is -0.117. The molecule has 0 unspecified atom stereocenters. The Morgan fingerprint density at radius 1 is 1.43 bits per heavy atom. The molecular formula is C16H15N5OS. The Morgan fingerprint density at radius 2 is 2.35 bits per heavy atom. The fraction of sp³-hybridized carbons (Fsp3) is 0.250. The number of carbonyl (C=O) groups is 1. The van der Waals surface area contributed by atoms with Crippen LogP contribution >= 0.6 is 11.3 Å². The van der Waals surface area contributed by atoms with E-state index in [1.807, 2.05) is 22.4 Å². The summed E-state index contributed by atoms with van der Waals surface area (Å²) in [6.45, 7) is 2.84. The first-order valence-corrected chi connectivity index (χ1v) is 8.29. The smallest absolute Gasteiger partial charge is 0.233 e. The van der Waals surface area contributed by atoms with Crippen LogP contribution in [-0.2, 0) is 17.6 Å². The number of H-pyrrole nitrogens is 1. The molecule has 116 valence electrons. The third-order valence-corrected chi connectivity index (χ3v) is 4.96. The lowest BCUT2D eigenvalue weighted by Crippen LogP contribution is -2.30. The first-order valence-electron chi connectivity index (χ1n) is 7.41. The summed E-state index contributed by atoms with van der Waals surface area (Å²) >= 11 is 1.46. The number of anilines is 1. The van der Waals surface area contributed by atoms with Crippen LogP contribution in [0.5, 0.6) is 0 Å². The van der Waals surface area contributed by atoms with Crippen molar-refractivity contribution in [1.29, 1.82) is 0 Å². The minimum Gasteiger partial charge on any atom is -0.311 e. The highest BCUT2D eigenvalue weighted by Gasteiger charge is 2.26. The van der Waals surface area contributed by atoms with Crippen LogP contribution in [0.3, 0.4) is 0 Å². The molecule has 0 saturated carbocycles. The molecule has 7 heteroatoms. The lowest BCUT2D eigenvalue weighted by atomic mass is 10.1. The summed E-state index contributed by atoms with van der Waals surface area (Å²) in [5.74, 6) is 0.722. The van der Waals surface area contributed by atoms with Gasteiger partial charge in [0.15, 0.2) is 10.8 Å². The van der Waals surface area contributed by atoms with E-state index in [-0.39, 0.29) is 5.91 Å². The average Bonchev–Trinajstić information content (AvgIpc) is 3.27. The summed E-state index contributed by atoms with van der Waals surface area (Å²) in [4.78, 5) is 23.1. The van der Waals surface area contributed by atoms with Gasteiger partial charge in [0, 0.05) is 17.6 Å². The second-order valence-electron chi connectivity index (χ2n) is 5.52. The molecule has 0 saturated heterocycles. The van der Waals surface area contributed by atoms with Gasteiger partial charge in [0.1, 0.15) is 6.33 Å². The van der Waals surface area contributed by atoms with Crippen LogP contribution < -0.4 is 4.90 Å². The highest BCUT2D eigenvalue weighted by atomic mass is 32.1. The molecule has 1 N–H and O–H groups in total. The molecule has 1 aromatic carbocycles. The molecular weight excluding hydrogens is 310 g/mol. The van der Waals surface area contributed by atoms with Crippen LogP contribution in [0.25, 0.3) is 10.8 Å². The number of carbonyl (C=O) groups excluding carboxylic acids is 1. The number of hydrogen-bond donors (Lipinski definition) is 1. The maximum Gasteiger partial charge on any atom is 0.233 e. The Bertz CT molecular complexity index is 855. The third-order valence-electron chi connectivity index (χ3n) is 4.06. The Balaban J connectivity index is 1.53. The van der Waals surface area contributed by atoms with E-state index in [4.69, 9.17) is 0 Å². The lowest BCUT2D eigenvalue weighted by Gasteiger charge is -2.17. The van der Waals surface area contributed by atoms with Crippen molar-refractivity contribution in [2.24, 2.45) is 0 Å². The van der Waals surface area contributed by atoms with Gasteiger partial charge in [-0.15, -0.1) is 11.3 Å². The summed E-state index contributed by atoms with van der Waals surface area (Å²) in [7, 11) is 0. The number of benzene rings is 1. The number of aromatic nitrogens is 4. The van der Waals surface area contributed by atoms with Gasteiger partial charge in [-0.25, -0.2) is 9.97 Å². The monoisotopic (exact) mass is 325 g/mol. The summed E-state index contributed by atoms with van der Waals surface area (Å²) in [6, 6.07) is 6.12. The van der Waals surface area contributed by atoms with Gasteiger partial charge in [0.25, 0.3) is 0 Å². The number of fused-ring (bicyclic) bond motifs is 1. The molecule has 0 radical (unpaired) electrons. The van der Waals surface area contributed by atoms with Gasteiger partial charge in [0.2, 0.25) is 5.91 Å². The normalized spacial score (nSPS) is 13.3. The fourth-order valence-corrected chi connectivity index (χ4v) is 3.69. The Hall–Kier alpha value is -2.54. The van der Waals surface area contributed by atoms with E-state index in [1.165, 1.54) is 28.8 Å². The molecule has 0 aliphatic carbocycles. The number of amides is 1. The Labute approximate surface area is 137 Å². The van der Waals surface area contributed by atoms with Gasteiger partial charge in [-0.1, -0.05) is 12.1 Å². The van der Waals surface area contributed by atoms with Crippen molar-refractivity contribution >= 4 is 22.9 Å². The predicted octanol–water partition coefficient (Wildman–Crippen LogP) is 2.37. The quantitative estimate of drug-likeness (QED) is 0.802.